The van der Waals surface area contributed by atoms with E-state index in [-0.39, 0.29) is 29.9 Å². The lowest BCUT2D eigenvalue weighted by Crippen LogP contribution is -2.29. The summed E-state index contributed by atoms with van der Waals surface area (Å²) in [5.74, 6) is -1.41. The molecule has 0 unspecified atom stereocenters. The van der Waals surface area contributed by atoms with E-state index < -0.39 is 5.91 Å². The molecule has 0 aliphatic carbocycles. The predicted molar refractivity (Wildman–Crippen MR) is 149 cm³/mol. The van der Waals surface area contributed by atoms with Gasteiger partial charge in [0.15, 0.2) is 0 Å². The highest BCUT2D eigenvalue weighted by atomic mass is 16.3. The SMILES string of the molecule is Cc1ccc(N2C(=O)c3ccc(C=O)cc3C2=O)cc1.Cc1ccc(N2C(=O)c3ccc(CO)cc3C2=O)cc1. The Bertz CT molecular complexity index is 1690. The van der Waals surface area contributed by atoms with E-state index in [1.54, 1.807) is 42.5 Å². The standard InChI is InChI=1S/C16H13NO3.C16H11NO3/c2*1-10-2-5-12(6-3-10)17-15(19)13-7-4-11(9-18)8-14(13)16(17)20/h2-8,18H,9H2,1H3;2-9H,1H3. The van der Waals surface area contributed by atoms with Gasteiger partial charge in [0.2, 0.25) is 0 Å². The molecule has 0 atom stereocenters. The van der Waals surface area contributed by atoms with E-state index >= 15 is 0 Å². The van der Waals surface area contributed by atoms with Crippen molar-refractivity contribution < 1.29 is 29.1 Å². The number of hydrogen-bond acceptors (Lipinski definition) is 6. The molecule has 0 fully saturated rings. The number of hydrogen-bond donors (Lipinski definition) is 1. The van der Waals surface area contributed by atoms with Crippen LogP contribution in [-0.4, -0.2) is 35.0 Å². The van der Waals surface area contributed by atoms with E-state index in [2.05, 4.69) is 0 Å². The maximum absolute atomic E-state index is 12.4. The first-order chi connectivity index (χ1) is 19.2. The number of aryl methyl sites for hydroxylation is 2. The molecule has 4 aromatic rings. The molecule has 0 saturated carbocycles. The van der Waals surface area contributed by atoms with Crippen LogP contribution in [0.4, 0.5) is 11.4 Å². The smallest absolute Gasteiger partial charge is 0.266 e. The number of benzene rings is 4. The van der Waals surface area contributed by atoms with Gasteiger partial charge >= 0.3 is 0 Å². The molecule has 0 radical (unpaired) electrons. The summed E-state index contributed by atoms with van der Waals surface area (Å²) in [4.78, 5) is 62.5. The molecular weight excluding hydrogens is 508 g/mol. The van der Waals surface area contributed by atoms with Crippen LogP contribution in [0.3, 0.4) is 0 Å². The van der Waals surface area contributed by atoms with Crippen molar-refractivity contribution >= 4 is 41.3 Å². The van der Waals surface area contributed by atoms with Gasteiger partial charge in [-0.25, -0.2) is 9.80 Å². The van der Waals surface area contributed by atoms with Gasteiger partial charge in [0, 0.05) is 5.56 Å². The van der Waals surface area contributed by atoms with Gasteiger partial charge in [-0.05, 0) is 67.9 Å². The minimum absolute atomic E-state index is 0.153. The van der Waals surface area contributed by atoms with Crippen molar-refractivity contribution in [2.45, 2.75) is 20.5 Å². The Hall–Kier alpha value is -5.21. The molecule has 40 heavy (non-hydrogen) atoms. The third-order valence-corrected chi connectivity index (χ3v) is 6.76. The number of carbonyl (C=O) groups is 5. The Morgan fingerprint density at radius 2 is 1.00 bits per heavy atom. The van der Waals surface area contributed by atoms with Gasteiger partial charge in [0.1, 0.15) is 6.29 Å². The minimum atomic E-state index is -0.391. The molecule has 4 amide bonds. The predicted octanol–water partition coefficient (Wildman–Crippen LogP) is 4.90. The van der Waals surface area contributed by atoms with Crippen molar-refractivity contribution in [2.75, 3.05) is 9.80 Å². The Kier molecular flexibility index (Phi) is 6.94. The van der Waals surface area contributed by atoms with Crippen LogP contribution in [0.2, 0.25) is 0 Å². The van der Waals surface area contributed by atoms with E-state index in [1.165, 1.54) is 23.1 Å². The van der Waals surface area contributed by atoms with Gasteiger partial charge in [-0.3, -0.25) is 24.0 Å². The largest absolute Gasteiger partial charge is 0.392 e. The number of aliphatic hydroxyl groups is 1. The molecule has 2 heterocycles. The fourth-order valence-electron chi connectivity index (χ4n) is 4.57. The van der Waals surface area contributed by atoms with Crippen LogP contribution in [0, 0.1) is 13.8 Å². The normalized spacial score (nSPS) is 13.7. The second-order valence-electron chi connectivity index (χ2n) is 9.52. The van der Waals surface area contributed by atoms with Crippen molar-refractivity contribution in [1.82, 2.24) is 0 Å². The molecule has 1 N–H and O–H groups in total. The lowest BCUT2D eigenvalue weighted by molar-refractivity contribution is 0.0910. The Morgan fingerprint density at radius 3 is 1.45 bits per heavy atom. The number of fused-ring (bicyclic) bond motifs is 2. The first-order valence-corrected chi connectivity index (χ1v) is 12.5. The topological polar surface area (TPSA) is 112 Å². The zero-order valence-electron chi connectivity index (χ0n) is 21.8. The monoisotopic (exact) mass is 532 g/mol. The van der Waals surface area contributed by atoms with E-state index in [4.69, 9.17) is 5.11 Å². The maximum atomic E-state index is 12.4. The van der Waals surface area contributed by atoms with Crippen molar-refractivity contribution in [1.29, 1.82) is 0 Å². The third-order valence-electron chi connectivity index (χ3n) is 6.76. The first kappa shape index (κ1) is 26.4. The highest BCUT2D eigenvalue weighted by Crippen LogP contribution is 2.30. The van der Waals surface area contributed by atoms with Crippen LogP contribution >= 0.6 is 0 Å². The highest BCUT2D eigenvalue weighted by Gasteiger charge is 2.37. The molecule has 4 aromatic carbocycles. The number of anilines is 2. The molecular formula is C32H24N2O6. The Balaban J connectivity index is 0.000000161. The quantitative estimate of drug-likeness (QED) is 0.296. The highest BCUT2D eigenvalue weighted by molar-refractivity contribution is 6.35. The summed E-state index contributed by atoms with van der Waals surface area (Å²) in [6, 6.07) is 23.7. The molecule has 0 bridgehead atoms. The Labute approximate surface area is 230 Å². The first-order valence-electron chi connectivity index (χ1n) is 12.5. The van der Waals surface area contributed by atoms with Crippen LogP contribution in [0.15, 0.2) is 84.9 Å². The average molecular weight is 533 g/mol. The summed E-state index contributed by atoms with van der Waals surface area (Å²) >= 11 is 0. The van der Waals surface area contributed by atoms with E-state index in [9.17, 15) is 24.0 Å². The summed E-state index contributed by atoms with van der Waals surface area (Å²) < 4.78 is 0. The minimum Gasteiger partial charge on any atom is -0.392 e. The fraction of sp³-hybridized carbons (Fsp3) is 0.0938. The van der Waals surface area contributed by atoms with Gasteiger partial charge in [0.25, 0.3) is 23.6 Å². The molecule has 8 heteroatoms. The average Bonchev–Trinajstić information content (AvgIpc) is 3.37. The van der Waals surface area contributed by atoms with Crippen LogP contribution in [0.1, 0.15) is 68.5 Å². The molecule has 8 nitrogen and oxygen atoms in total. The van der Waals surface area contributed by atoms with E-state index in [0.717, 1.165) is 16.0 Å². The summed E-state index contributed by atoms with van der Waals surface area (Å²) in [6.45, 7) is 3.72. The summed E-state index contributed by atoms with van der Waals surface area (Å²) in [5.41, 5.74) is 5.56. The number of amides is 4. The zero-order valence-corrected chi connectivity index (χ0v) is 21.8. The fourth-order valence-corrected chi connectivity index (χ4v) is 4.57. The van der Waals surface area contributed by atoms with Gasteiger partial charge in [-0.2, -0.15) is 0 Å². The lowest BCUT2D eigenvalue weighted by atomic mass is 10.1. The zero-order chi connectivity index (χ0) is 28.6. The van der Waals surface area contributed by atoms with E-state index in [1.807, 2.05) is 38.1 Å². The molecule has 0 aromatic heterocycles. The number of aliphatic hydroxyl groups excluding tert-OH is 1. The molecule has 198 valence electrons. The van der Waals surface area contributed by atoms with E-state index in [0.29, 0.717) is 45.5 Å². The van der Waals surface area contributed by atoms with Crippen molar-refractivity contribution in [3.63, 3.8) is 0 Å². The number of carbonyl (C=O) groups excluding carboxylic acids is 5. The molecule has 6 rings (SSSR count). The van der Waals surface area contributed by atoms with Crippen molar-refractivity contribution in [2.24, 2.45) is 0 Å². The number of imide groups is 2. The van der Waals surface area contributed by atoms with Gasteiger partial charge < -0.3 is 5.11 Å². The summed E-state index contributed by atoms with van der Waals surface area (Å²) in [5, 5.41) is 9.12. The Morgan fingerprint density at radius 1 is 0.575 bits per heavy atom. The third kappa shape index (κ3) is 4.61. The summed E-state index contributed by atoms with van der Waals surface area (Å²) in [6.07, 6.45) is 0.659. The van der Waals surface area contributed by atoms with Gasteiger partial charge in [-0.1, -0.05) is 47.5 Å². The van der Waals surface area contributed by atoms with Crippen molar-refractivity contribution in [3.8, 4) is 0 Å². The van der Waals surface area contributed by atoms with Gasteiger partial charge in [-0.15, -0.1) is 0 Å². The number of aldehydes is 1. The molecule has 0 spiro atoms. The second kappa shape index (κ2) is 10.5. The van der Waals surface area contributed by atoms with Gasteiger partial charge in [0.05, 0.1) is 40.2 Å². The van der Waals surface area contributed by atoms with Crippen LogP contribution in [0.25, 0.3) is 0 Å². The van der Waals surface area contributed by atoms with Crippen LogP contribution in [-0.2, 0) is 6.61 Å². The maximum Gasteiger partial charge on any atom is 0.266 e. The van der Waals surface area contributed by atoms with Crippen LogP contribution < -0.4 is 9.80 Å². The summed E-state index contributed by atoms with van der Waals surface area (Å²) in [7, 11) is 0. The number of rotatable bonds is 4. The second-order valence-corrected chi connectivity index (χ2v) is 9.52. The molecule has 2 aliphatic rings. The molecule has 0 saturated heterocycles. The van der Waals surface area contributed by atoms with Crippen molar-refractivity contribution in [3.05, 3.63) is 129 Å². The number of nitrogens with zero attached hydrogens (tertiary/aromatic N) is 2. The lowest BCUT2D eigenvalue weighted by Gasteiger charge is -2.13. The van der Waals surface area contributed by atoms with Crippen LogP contribution in [0.5, 0.6) is 0 Å². The molecule has 2 aliphatic heterocycles.